The third kappa shape index (κ3) is 5.82. The number of rotatable bonds is 7. The molecular weight excluding hydrogens is 434 g/mol. The minimum atomic E-state index is -0.201. The molecule has 0 atom stereocenters. The molecule has 1 heterocycles. The van der Waals surface area contributed by atoms with Crippen molar-refractivity contribution in [2.24, 2.45) is 5.10 Å². The summed E-state index contributed by atoms with van der Waals surface area (Å²) in [7, 11) is 0. The van der Waals surface area contributed by atoms with Gasteiger partial charge in [-0.2, -0.15) is 5.10 Å². The SMILES string of the molecule is CC(=NNC(=O)CSc1nnc(-c2ccc(C)cc2)n1C1CCCCC1)c1ccc(O)cc1. The first kappa shape index (κ1) is 23.0. The number of phenols is 1. The second-order valence-electron chi connectivity index (χ2n) is 8.40. The number of aromatic hydroxyl groups is 1. The van der Waals surface area contributed by atoms with Crippen LogP contribution in [0.3, 0.4) is 0 Å². The molecular formula is C25H29N5O2S. The van der Waals surface area contributed by atoms with Crippen molar-refractivity contribution < 1.29 is 9.90 Å². The van der Waals surface area contributed by atoms with Crippen LogP contribution in [0.25, 0.3) is 11.4 Å². The Balaban J connectivity index is 1.47. The van der Waals surface area contributed by atoms with Gasteiger partial charge in [0.25, 0.3) is 5.91 Å². The highest BCUT2D eigenvalue weighted by Crippen LogP contribution is 2.35. The van der Waals surface area contributed by atoms with Crippen LogP contribution >= 0.6 is 11.8 Å². The van der Waals surface area contributed by atoms with Gasteiger partial charge >= 0.3 is 0 Å². The smallest absolute Gasteiger partial charge is 0.250 e. The van der Waals surface area contributed by atoms with E-state index >= 15 is 0 Å². The number of aryl methyl sites for hydroxylation is 1. The molecule has 0 aliphatic heterocycles. The molecule has 1 fully saturated rings. The molecule has 3 aromatic rings. The number of nitrogens with zero attached hydrogens (tertiary/aromatic N) is 4. The number of carbonyl (C=O) groups is 1. The first-order chi connectivity index (χ1) is 16.0. The molecule has 0 bridgehead atoms. The lowest BCUT2D eigenvalue weighted by atomic mass is 9.95. The van der Waals surface area contributed by atoms with Crippen molar-refractivity contribution in [3.8, 4) is 17.1 Å². The van der Waals surface area contributed by atoms with Crippen LogP contribution in [-0.2, 0) is 4.79 Å². The third-order valence-corrected chi connectivity index (χ3v) is 6.82. The van der Waals surface area contributed by atoms with Gasteiger partial charge in [0.2, 0.25) is 0 Å². The summed E-state index contributed by atoms with van der Waals surface area (Å²) in [6, 6.07) is 15.4. The van der Waals surface area contributed by atoms with Gasteiger partial charge in [0.05, 0.1) is 11.5 Å². The summed E-state index contributed by atoms with van der Waals surface area (Å²) in [6.07, 6.45) is 5.87. The molecule has 1 aliphatic carbocycles. The van der Waals surface area contributed by atoms with Crippen LogP contribution in [0.1, 0.15) is 56.2 Å². The van der Waals surface area contributed by atoms with E-state index in [2.05, 4.69) is 56.5 Å². The van der Waals surface area contributed by atoms with Crippen molar-refractivity contribution in [3.63, 3.8) is 0 Å². The fourth-order valence-corrected chi connectivity index (χ4v) is 4.82. The van der Waals surface area contributed by atoms with Gasteiger partial charge in [0, 0.05) is 11.6 Å². The Labute approximate surface area is 198 Å². The molecule has 1 aliphatic rings. The lowest BCUT2D eigenvalue weighted by Crippen LogP contribution is -2.22. The number of carbonyl (C=O) groups excluding carboxylic acids is 1. The summed E-state index contributed by atoms with van der Waals surface area (Å²) in [5.41, 5.74) is 6.37. The predicted octanol–water partition coefficient (Wildman–Crippen LogP) is 5.10. The number of benzene rings is 2. The summed E-state index contributed by atoms with van der Waals surface area (Å²) >= 11 is 1.39. The maximum atomic E-state index is 12.5. The van der Waals surface area contributed by atoms with Crippen LogP contribution in [0.2, 0.25) is 0 Å². The molecule has 0 radical (unpaired) electrons. The third-order valence-electron chi connectivity index (χ3n) is 5.88. The van der Waals surface area contributed by atoms with Gasteiger partial charge < -0.3 is 5.11 Å². The first-order valence-corrected chi connectivity index (χ1v) is 12.3. The maximum Gasteiger partial charge on any atom is 0.250 e. The van der Waals surface area contributed by atoms with E-state index in [1.807, 2.05) is 6.92 Å². The maximum absolute atomic E-state index is 12.5. The lowest BCUT2D eigenvalue weighted by Gasteiger charge is -2.25. The van der Waals surface area contributed by atoms with Crippen molar-refractivity contribution >= 4 is 23.4 Å². The molecule has 0 spiro atoms. The van der Waals surface area contributed by atoms with Crippen LogP contribution in [0, 0.1) is 6.92 Å². The molecule has 172 valence electrons. The van der Waals surface area contributed by atoms with Gasteiger partial charge in [-0.1, -0.05) is 60.9 Å². The Morgan fingerprint density at radius 2 is 1.79 bits per heavy atom. The number of amides is 1. The molecule has 0 unspecified atom stereocenters. The topological polar surface area (TPSA) is 92.4 Å². The molecule has 0 saturated heterocycles. The zero-order valence-electron chi connectivity index (χ0n) is 19.0. The molecule has 1 saturated carbocycles. The fraction of sp³-hybridized carbons (Fsp3) is 0.360. The second kappa shape index (κ2) is 10.7. The monoisotopic (exact) mass is 463 g/mol. The van der Waals surface area contributed by atoms with Crippen LogP contribution in [-0.4, -0.2) is 37.2 Å². The highest BCUT2D eigenvalue weighted by atomic mass is 32.2. The molecule has 4 rings (SSSR count). The van der Waals surface area contributed by atoms with Crippen molar-refractivity contribution in [1.29, 1.82) is 0 Å². The van der Waals surface area contributed by atoms with Crippen LogP contribution in [0.15, 0.2) is 58.8 Å². The van der Waals surface area contributed by atoms with Crippen molar-refractivity contribution in [2.45, 2.75) is 57.1 Å². The minimum Gasteiger partial charge on any atom is -0.508 e. The largest absolute Gasteiger partial charge is 0.508 e. The number of hydrazone groups is 1. The summed E-state index contributed by atoms with van der Waals surface area (Å²) in [6.45, 7) is 3.88. The standard InChI is InChI=1S/C25H29N5O2S/c1-17-8-10-20(11-9-17)24-28-29-25(30(24)21-6-4-3-5-7-21)33-16-23(32)27-26-18(2)19-12-14-22(31)15-13-19/h8-15,21,31H,3-7,16H2,1-2H3,(H,27,32). The van der Waals surface area contributed by atoms with Crippen LogP contribution in [0.5, 0.6) is 5.75 Å². The molecule has 2 N–H and O–H groups in total. The number of nitrogens with one attached hydrogen (secondary N) is 1. The average molecular weight is 464 g/mol. The molecule has 1 amide bonds. The van der Waals surface area contributed by atoms with Gasteiger partial charge in [0.1, 0.15) is 5.75 Å². The fourth-order valence-electron chi connectivity index (χ4n) is 4.02. The van der Waals surface area contributed by atoms with Gasteiger partial charge in [-0.25, -0.2) is 5.43 Å². The Hall–Kier alpha value is -3.13. The summed E-state index contributed by atoms with van der Waals surface area (Å²) in [4.78, 5) is 12.5. The highest BCUT2D eigenvalue weighted by Gasteiger charge is 2.24. The van der Waals surface area contributed by atoms with Gasteiger partial charge in [-0.3, -0.25) is 9.36 Å². The molecule has 1 aromatic heterocycles. The van der Waals surface area contributed by atoms with E-state index in [1.165, 1.54) is 36.6 Å². The van der Waals surface area contributed by atoms with E-state index < -0.39 is 0 Å². The Morgan fingerprint density at radius 1 is 1.09 bits per heavy atom. The normalized spacial score (nSPS) is 14.9. The number of thioether (sulfide) groups is 1. The Bertz CT molecular complexity index is 1120. The van der Waals surface area contributed by atoms with E-state index in [0.717, 1.165) is 34.9 Å². The van der Waals surface area contributed by atoms with E-state index in [4.69, 9.17) is 0 Å². The minimum absolute atomic E-state index is 0.194. The van der Waals surface area contributed by atoms with E-state index in [9.17, 15) is 9.90 Å². The van der Waals surface area contributed by atoms with Crippen molar-refractivity contribution in [1.82, 2.24) is 20.2 Å². The number of hydrogen-bond donors (Lipinski definition) is 2. The van der Waals surface area contributed by atoms with Gasteiger partial charge in [-0.05, 0) is 56.5 Å². The van der Waals surface area contributed by atoms with Crippen LogP contribution < -0.4 is 5.43 Å². The predicted molar refractivity (Wildman–Crippen MR) is 132 cm³/mol. The average Bonchev–Trinajstić information content (AvgIpc) is 3.26. The lowest BCUT2D eigenvalue weighted by molar-refractivity contribution is -0.118. The summed E-state index contributed by atoms with van der Waals surface area (Å²) in [5, 5.41) is 23.3. The quantitative estimate of drug-likeness (QED) is 0.289. The van der Waals surface area contributed by atoms with Crippen molar-refractivity contribution in [2.75, 3.05) is 5.75 Å². The second-order valence-corrected chi connectivity index (χ2v) is 9.34. The van der Waals surface area contributed by atoms with E-state index in [1.54, 1.807) is 24.3 Å². The molecule has 8 heteroatoms. The van der Waals surface area contributed by atoms with E-state index in [0.29, 0.717) is 11.8 Å². The van der Waals surface area contributed by atoms with Crippen LogP contribution in [0.4, 0.5) is 0 Å². The number of phenolic OH excluding ortho intramolecular Hbond substituents is 1. The van der Waals surface area contributed by atoms with Crippen molar-refractivity contribution in [3.05, 3.63) is 59.7 Å². The van der Waals surface area contributed by atoms with Gasteiger partial charge in [-0.15, -0.1) is 10.2 Å². The summed E-state index contributed by atoms with van der Waals surface area (Å²) in [5.74, 6) is 1.06. The zero-order chi connectivity index (χ0) is 23.2. The number of hydrogen-bond acceptors (Lipinski definition) is 6. The molecule has 2 aromatic carbocycles. The summed E-state index contributed by atoms with van der Waals surface area (Å²) < 4.78 is 2.23. The van der Waals surface area contributed by atoms with Gasteiger partial charge in [0.15, 0.2) is 11.0 Å². The zero-order valence-corrected chi connectivity index (χ0v) is 19.8. The molecule has 7 nitrogen and oxygen atoms in total. The molecule has 33 heavy (non-hydrogen) atoms. The Kier molecular flexibility index (Phi) is 7.44. The highest BCUT2D eigenvalue weighted by molar-refractivity contribution is 7.99. The number of aromatic nitrogens is 3. The van der Waals surface area contributed by atoms with E-state index in [-0.39, 0.29) is 17.4 Å². The first-order valence-electron chi connectivity index (χ1n) is 11.3. The Morgan fingerprint density at radius 3 is 2.48 bits per heavy atom.